The van der Waals surface area contributed by atoms with Crippen LogP contribution in [0.15, 0.2) is 12.7 Å². The molecule has 1 fully saturated rings. The lowest BCUT2D eigenvalue weighted by Gasteiger charge is -2.27. The first-order valence-corrected chi connectivity index (χ1v) is 13.3. The Bertz CT molecular complexity index is 1160. The predicted octanol–water partition coefficient (Wildman–Crippen LogP) is -1.12. The highest BCUT2D eigenvalue weighted by atomic mass is 79.9. The number of nitrogens with zero attached hydrogens (tertiary/aromatic N) is 4. The number of hydrogen-bond acceptors (Lipinski definition) is 13. The Morgan fingerprint density at radius 3 is 2.41 bits per heavy atom. The van der Waals surface area contributed by atoms with E-state index in [1.807, 2.05) is 0 Å². The number of phosphoric ester groups is 1. The lowest BCUT2D eigenvalue weighted by atomic mass is 10.1. The Morgan fingerprint density at radius 1 is 1.12 bits per heavy atom. The van der Waals surface area contributed by atoms with Gasteiger partial charge >= 0.3 is 23.5 Å². The molecule has 6 atom stereocenters. The summed E-state index contributed by atoms with van der Waals surface area (Å²) in [4.78, 5) is 47.4. The zero-order valence-electron chi connectivity index (χ0n) is 15.2. The van der Waals surface area contributed by atoms with Crippen LogP contribution in [-0.4, -0.2) is 74.2 Å². The van der Waals surface area contributed by atoms with Crippen LogP contribution in [0.2, 0.25) is 0 Å². The zero-order valence-corrected chi connectivity index (χ0v) is 19.5. The monoisotopic (exact) mass is 585 g/mol. The lowest BCUT2D eigenvalue weighted by Crippen LogP contribution is -2.40. The molecule has 2 unspecified atom stereocenters. The van der Waals surface area contributed by atoms with Gasteiger partial charge in [-0.05, 0) is 15.9 Å². The number of nitrogens with two attached hydrogens (primary N) is 1. The smallest absolute Gasteiger partial charge is 0.387 e. The molecular formula is C10H15BrN5O13P3. The number of anilines is 1. The Morgan fingerprint density at radius 2 is 1.78 bits per heavy atom. The second kappa shape index (κ2) is 8.72. The van der Waals surface area contributed by atoms with Crippen molar-refractivity contribution in [1.29, 1.82) is 0 Å². The first kappa shape index (κ1) is 25.7. The lowest BCUT2D eigenvalue weighted by molar-refractivity contribution is -0.0714. The van der Waals surface area contributed by atoms with Crippen molar-refractivity contribution in [3.63, 3.8) is 0 Å². The summed E-state index contributed by atoms with van der Waals surface area (Å²) in [5.41, 5.74) is 5.93. The van der Waals surface area contributed by atoms with Crippen LogP contribution in [0.1, 0.15) is 0 Å². The predicted molar refractivity (Wildman–Crippen MR) is 103 cm³/mol. The molecule has 0 radical (unpaired) electrons. The van der Waals surface area contributed by atoms with Crippen LogP contribution in [0.4, 0.5) is 5.82 Å². The first-order chi connectivity index (χ1) is 14.5. The highest BCUT2D eigenvalue weighted by molar-refractivity contribution is 9.09. The summed E-state index contributed by atoms with van der Waals surface area (Å²) >= 11 is 3.11. The van der Waals surface area contributed by atoms with Crippen LogP contribution >= 0.6 is 39.4 Å². The molecule has 1 saturated heterocycles. The standard InChI is InChI=1S/C10H15BrN5O13P3/c11-10(16-3-15-5-8(12)13-2-14-9(5)16)7(18)6(17)4(27-10)1-26-31(22,23)29-32(24,25)28-30(19,20)21/h2-4,6-7,17-18H,1H2,(H,22,23)(H,24,25)(H2,12,13,14)(H2,19,20,21)/t4-,6-,7-,10+/m1/s1. The SMILES string of the molecule is Nc1ncnc2c1ncn2[C@]1(Br)O[C@H](COP(=O)(O)OP(=O)(O)OP(=O)(O)O)[C@@H](O)[C@H]1O. The van der Waals surface area contributed by atoms with Crippen LogP contribution in [0.5, 0.6) is 0 Å². The molecule has 1 aliphatic heterocycles. The van der Waals surface area contributed by atoms with E-state index in [0.717, 1.165) is 17.2 Å². The summed E-state index contributed by atoms with van der Waals surface area (Å²) < 4.78 is 50.2. The van der Waals surface area contributed by atoms with Crippen LogP contribution in [0, 0.1) is 0 Å². The maximum absolute atomic E-state index is 11.9. The normalized spacial score (nSPS) is 30.3. The summed E-state index contributed by atoms with van der Waals surface area (Å²) in [5.74, 6) is 0.0158. The van der Waals surface area contributed by atoms with E-state index in [4.69, 9.17) is 25.2 Å². The van der Waals surface area contributed by atoms with Gasteiger partial charge in [-0.1, -0.05) is 0 Å². The maximum atomic E-state index is 11.9. The van der Waals surface area contributed by atoms with Crippen molar-refractivity contribution in [1.82, 2.24) is 19.5 Å². The summed E-state index contributed by atoms with van der Waals surface area (Å²) in [6.07, 6.45) is -2.75. The molecule has 3 rings (SSSR count). The number of nitrogen functional groups attached to an aromatic ring is 1. The Balaban J connectivity index is 1.75. The van der Waals surface area contributed by atoms with Gasteiger partial charge in [0.15, 0.2) is 11.5 Å². The second-order valence-electron chi connectivity index (χ2n) is 6.13. The van der Waals surface area contributed by atoms with Crippen molar-refractivity contribution < 1.29 is 61.4 Å². The fourth-order valence-corrected chi connectivity index (χ4v) is 6.44. The molecule has 0 amide bonds. The van der Waals surface area contributed by atoms with Crippen molar-refractivity contribution in [2.45, 2.75) is 22.9 Å². The molecule has 0 bridgehead atoms. The summed E-state index contributed by atoms with van der Waals surface area (Å²) in [6.45, 7) is -1.00. The third-order valence-corrected chi connectivity index (χ3v) is 8.73. The van der Waals surface area contributed by atoms with Gasteiger partial charge in [0.2, 0.25) is 4.63 Å². The second-order valence-corrected chi connectivity index (χ2v) is 11.7. The van der Waals surface area contributed by atoms with Gasteiger partial charge in [-0.15, -0.1) is 0 Å². The van der Waals surface area contributed by atoms with E-state index in [-0.39, 0.29) is 17.0 Å². The number of aliphatic hydroxyl groups excluding tert-OH is 2. The molecule has 0 saturated carbocycles. The highest BCUT2D eigenvalue weighted by Gasteiger charge is 2.55. The number of fused-ring (bicyclic) bond motifs is 1. The van der Waals surface area contributed by atoms with E-state index in [1.54, 1.807) is 0 Å². The zero-order chi connectivity index (χ0) is 24.1. The molecule has 3 heterocycles. The number of aliphatic hydroxyl groups is 2. The summed E-state index contributed by atoms with van der Waals surface area (Å²) in [7, 11) is -16.8. The third kappa shape index (κ3) is 5.43. The number of aromatic nitrogens is 4. The molecule has 2 aromatic rings. The minimum absolute atomic E-state index is 0.0158. The molecule has 2 aromatic heterocycles. The number of hydrogen-bond donors (Lipinski definition) is 7. The Labute approximate surface area is 185 Å². The number of rotatable bonds is 8. The average Bonchev–Trinajstić information content (AvgIpc) is 3.14. The molecule has 1 aliphatic rings. The largest absolute Gasteiger partial charge is 0.490 e. The van der Waals surface area contributed by atoms with Gasteiger partial charge in [-0.3, -0.25) is 9.09 Å². The minimum atomic E-state index is -5.72. The van der Waals surface area contributed by atoms with Gasteiger partial charge in [-0.2, -0.15) is 8.62 Å². The Hall–Kier alpha value is -0.880. The van der Waals surface area contributed by atoms with E-state index >= 15 is 0 Å². The Kier molecular flexibility index (Phi) is 7.01. The fourth-order valence-electron chi connectivity index (χ4n) is 2.64. The molecule has 18 nitrogen and oxygen atoms in total. The van der Waals surface area contributed by atoms with Gasteiger partial charge in [0.1, 0.15) is 36.5 Å². The molecule has 0 aliphatic carbocycles. The van der Waals surface area contributed by atoms with Crippen molar-refractivity contribution in [2.75, 3.05) is 12.3 Å². The van der Waals surface area contributed by atoms with E-state index in [2.05, 4.69) is 44.0 Å². The minimum Gasteiger partial charge on any atom is -0.387 e. The molecular weight excluding hydrogens is 571 g/mol. The van der Waals surface area contributed by atoms with Gasteiger partial charge in [-0.25, -0.2) is 28.6 Å². The number of imidazole rings is 1. The molecule has 32 heavy (non-hydrogen) atoms. The van der Waals surface area contributed by atoms with E-state index in [0.29, 0.717) is 0 Å². The molecule has 8 N–H and O–H groups in total. The molecule has 22 heteroatoms. The number of phosphoric acid groups is 3. The first-order valence-electron chi connectivity index (χ1n) is 8.00. The number of alkyl halides is 1. The quantitative estimate of drug-likeness (QED) is 0.142. The number of ether oxygens (including phenoxy) is 1. The number of halogens is 1. The van der Waals surface area contributed by atoms with Crippen LogP contribution < -0.4 is 5.73 Å². The topological polar surface area (TPSA) is 279 Å². The maximum Gasteiger partial charge on any atom is 0.490 e. The van der Waals surface area contributed by atoms with Crippen molar-refractivity contribution in [2.24, 2.45) is 0 Å². The molecule has 180 valence electrons. The third-order valence-electron chi connectivity index (χ3n) is 3.89. The van der Waals surface area contributed by atoms with Gasteiger partial charge < -0.3 is 40.3 Å². The molecule has 0 aromatic carbocycles. The van der Waals surface area contributed by atoms with Gasteiger partial charge in [0, 0.05) is 0 Å². The average molecular weight is 586 g/mol. The van der Waals surface area contributed by atoms with Crippen molar-refractivity contribution in [3.8, 4) is 0 Å². The highest BCUT2D eigenvalue weighted by Crippen LogP contribution is 2.66. The van der Waals surface area contributed by atoms with Crippen molar-refractivity contribution in [3.05, 3.63) is 12.7 Å². The van der Waals surface area contributed by atoms with Gasteiger partial charge in [0.05, 0.1) is 6.61 Å². The van der Waals surface area contributed by atoms with E-state index in [1.165, 1.54) is 0 Å². The van der Waals surface area contributed by atoms with Crippen molar-refractivity contribution >= 4 is 56.4 Å². The van der Waals surface area contributed by atoms with Crippen LogP contribution in [0.3, 0.4) is 0 Å². The summed E-state index contributed by atoms with van der Waals surface area (Å²) in [6, 6.07) is 0. The molecule has 0 spiro atoms. The van der Waals surface area contributed by atoms with Gasteiger partial charge in [0.25, 0.3) is 0 Å². The fraction of sp³-hybridized carbons (Fsp3) is 0.500. The van der Waals surface area contributed by atoms with E-state index < -0.39 is 53.0 Å². The van der Waals surface area contributed by atoms with Crippen LogP contribution in [0.25, 0.3) is 11.2 Å². The van der Waals surface area contributed by atoms with Crippen LogP contribution in [-0.2, 0) is 36.2 Å². The van der Waals surface area contributed by atoms with E-state index in [9.17, 15) is 28.8 Å². The summed E-state index contributed by atoms with van der Waals surface area (Å²) in [5, 5.41) is 20.8.